The van der Waals surface area contributed by atoms with Crippen LogP contribution in [0.3, 0.4) is 0 Å². The summed E-state index contributed by atoms with van der Waals surface area (Å²) in [5.41, 5.74) is 17.7. The summed E-state index contributed by atoms with van der Waals surface area (Å²) in [6.45, 7) is 0. The summed E-state index contributed by atoms with van der Waals surface area (Å²) in [4.78, 5) is 2.51. The quantitative estimate of drug-likeness (QED) is 0.176. The highest BCUT2D eigenvalue weighted by molar-refractivity contribution is 7.26. The summed E-state index contributed by atoms with van der Waals surface area (Å²) < 4.78 is 9.00. The molecule has 62 heavy (non-hydrogen) atoms. The van der Waals surface area contributed by atoms with Crippen LogP contribution in [-0.2, 0) is 5.41 Å². The number of anilines is 3. The first-order valence-electron chi connectivity index (χ1n) is 21.3. The van der Waals surface area contributed by atoms with Crippen molar-refractivity contribution in [3.8, 4) is 33.4 Å². The zero-order valence-corrected chi connectivity index (χ0v) is 34.3. The number of para-hydroxylation sites is 1. The van der Waals surface area contributed by atoms with Gasteiger partial charge in [-0.05, 0) is 110 Å². The van der Waals surface area contributed by atoms with Gasteiger partial charge in [0.05, 0.1) is 11.1 Å². The molecule has 0 fully saturated rings. The van der Waals surface area contributed by atoms with E-state index in [1.807, 2.05) is 17.4 Å². The van der Waals surface area contributed by atoms with Gasteiger partial charge in [-0.2, -0.15) is 0 Å². The highest BCUT2D eigenvalue weighted by Crippen LogP contribution is 2.63. The topological polar surface area (TPSA) is 16.4 Å². The predicted molar refractivity (Wildman–Crippen MR) is 261 cm³/mol. The van der Waals surface area contributed by atoms with Crippen molar-refractivity contribution in [1.29, 1.82) is 0 Å². The molecule has 2 heterocycles. The van der Waals surface area contributed by atoms with Gasteiger partial charge in [0.15, 0.2) is 0 Å². The van der Waals surface area contributed by atoms with Crippen LogP contribution in [-0.4, -0.2) is 0 Å². The Kier molecular flexibility index (Phi) is 6.95. The zero-order valence-electron chi connectivity index (χ0n) is 33.5. The Morgan fingerprint density at radius 2 is 1.00 bits per heavy atom. The first-order valence-corrected chi connectivity index (χ1v) is 22.1. The Balaban J connectivity index is 1.08. The van der Waals surface area contributed by atoms with Crippen LogP contribution in [0.1, 0.15) is 22.3 Å². The molecule has 288 valence electrons. The van der Waals surface area contributed by atoms with E-state index in [1.54, 1.807) is 0 Å². The zero-order chi connectivity index (χ0) is 40.5. The number of thiophene rings is 1. The second-order valence-electron chi connectivity index (χ2n) is 16.7. The van der Waals surface area contributed by atoms with Gasteiger partial charge in [0.1, 0.15) is 11.2 Å². The van der Waals surface area contributed by atoms with Gasteiger partial charge in [-0.25, -0.2) is 0 Å². The highest BCUT2D eigenvalue weighted by Gasteiger charge is 2.51. The molecule has 14 rings (SSSR count). The molecule has 0 atom stereocenters. The lowest BCUT2D eigenvalue weighted by molar-refractivity contribution is 0.669. The van der Waals surface area contributed by atoms with Crippen LogP contribution < -0.4 is 4.90 Å². The van der Waals surface area contributed by atoms with Crippen LogP contribution in [0, 0.1) is 0 Å². The number of hydrogen-bond acceptors (Lipinski definition) is 3. The monoisotopic (exact) mass is 805 g/mol. The number of benzene rings is 10. The van der Waals surface area contributed by atoms with Crippen LogP contribution >= 0.6 is 11.3 Å². The van der Waals surface area contributed by atoms with Crippen molar-refractivity contribution in [1.82, 2.24) is 0 Å². The molecular weight excluding hydrogens is 771 g/mol. The van der Waals surface area contributed by atoms with Gasteiger partial charge < -0.3 is 9.32 Å². The average Bonchev–Trinajstić information content (AvgIpc) is 4.07. The van der Waals surface area contributed by atoms with E-state index in [0.717, 1.165) is 39.0 Å². The van der Waals surface area contributed by atoms with Crippen LogP contribution in [0.4, 0.5) is 17.1 Å². The van der Waals surface area contributed by atoms with Gasteiger partial charge >= 0.3 is 0 Å². The van der Waals surface area contributed by atoms with Crippen molar-refractivity contribution in [2.45, 2.75) is 5.41 Å². The minimum atomic E-state index is -0.461. The Morgan fingerprint density at radius 3 is 1.77 bits per heavy atom. The molecule has 0 radical (unpaired) electrons. The summed E-state index contributed by atoms with van der Waals surface area (Å²) in [6.07, 6.45) is 0. The van der Waals surface area contributed by atoms with Gasteiger partial charge in [-0.15, -0.1) is 11.3 Å². The molecule has 2 aromatic heterocycles. The van der Waals surface area contributed by atoms with E-state index in [4.69, 9.17) is 4.42 Å². The summed E-state index contributed by atoms with van der Waals surface area (Å²) in [5, 5.41) is 7.27. The third-order valence-electron chi connectivity index (χ3n) is 13.7. The normalized spacial score (nSPS) is 13.3. The SMILES string of the molecule is c1ccc(-c2cccc3sc4c(ccc5cccc(N(c6ccc7c(c6)C6(c8ccccc8-c8ccccc86)c6ccccc6-7)c6ccc7oc8ccccc8c7c6)c54)c23)cc1. The molecule has 2 aliphatic rings. The van der Waals surface area contributed by atoms with Crippen LogP contribution in [0.2, 0.25) is 0 Å². The lowest BCUT2D eigenvalue weighted by Gasteiger charge is -2.32. The minimum absolute atomic E-state index is 0.461. The maximum Gasteiger partial charge on any atom is 0.135 e. The van der Waals surface area contributed by atoms with E-state index in [-0.39, 0.29) is 0 Å². The van der Waals surface area contributed by atoms with E-state index < -0.39 is 5.41 Å². The van der Waals surface area contributed by atoms with Crippen molar-refractivity contribution in [2.75, 3.05) is 4.90 Å². The maximum absolute atomic E-state index is 6.42. The van der Waals surface area contributed by atoms with Crippen molar-refractivity contribution < 1.29 is 4.42 Å². The molecule has 0 bridgehead atoms. The summed E-state index contributed by atoms with van der Waals surface area (Å²) in [5.74, 6) is 0. The van der Waals surface area contributed by atoms with Crippen molar-refractivity contribution >= 4 is 81.3 Å². The first kappa shape index (κ1) is 34.0. The van der Waals surface area contributed by atoms with Gasteiger partial charge in [-0.3, -0.25) is 0 Å². The molecule has 2 nitrogen and oxygen atoms in total. The van der Waals surface area contributed by atoms with E-state index in [0.29, 0.717) is 0 Å². The van der Waals surface area contributed by atoms with E-state index in [9.17, 15) is 0 Å². The van der Waals surface area contributed by atoms with E-state index in [2.05, 4.69) is 211 Å². The third-order valence-corrected chi connectivity index (χ3v) is 14.9. The van der Waals surface area contributed by atoms with E-state index in [1.165, 1.54) is 86.6 Å². The van der Waals surface area contributed by atoms with Crippen LogP contribution in [0.25, 0.3) is 86.3 Å². The van der Waals surface area contributed by atoms with Gasteiger partial charge in [-0.1, -0.05) is 164 Å². The number of nitrogens with zero attached hydrogens (tertiary/aromatic N) is 1. The molecule has 12 aromatic rings. The molecule has 0 saturated carbocycles. The molecular formula is C59H35NOS. The van der Waals surface area contributed by atoms with Gasteiger partial charge in [0, 0.05) is 47.7 Å². The van der Waals surface area contributed by atoms with Crippen molar-refractivity contribution in [2.24, 2.45) is 0 Å². The summed E-state index contributed by atoms with van der Waals surface area (Å²) >= 11 is 1.90. The van der Waals surface area contributed by atoms with Crippen molar-refractivity contribution in [3.05, 3.63) is 235 Å². The van der Waals surface area contributed by atoms with Crippen molar-refractivity contribution in [3.63, 3.8) is 0 Å². The van der Waals surface area contributed by atoms with Gasteiger partial charge in [0.2, 0.25) is 0 Å². The molecule has 0 amide bonds. The first-order chi connectivity index (χ1) is 30.8. The number of hydrogen-bond donors (Lipinski definition) is 0. The van der Waals surface area contributed by atoms with E-state index >= 15 is 0 Å². The molecule has 0 saturated heterocycles. The minimum Gasteiger partial charge on any atom is -0.456 e. The van der Waals surface area contributed by atoms with Crippen LogP contribution in [0.15, 0.2) is 217 Å². The number of fused-ring (bicyclic) bond motifs is 18. The molecule has 3 heteroatoms. The summed E-state index contributed by atoms with van der Waals surface area (Å²) in [7, 11) is 0. The molecule has 2 aliphatic carbocycles. The average molecular weight is 806 g/mol. The molecule has 0 aliphatic heterocycles. The fourth-order valence-electron chi connectivity index (χ4n) is 11.2. The standard InChI is InChI=1S/C59H35NOS/c1-2-14-36(15-3-1)40-21-13-27-55-57(40)46-31-28-37-16-12-25-52(56(37)58(46)62-55)60(38-30-33-54-47(34-38)45-20-7-11-26-53(45)61-54)39-29-32-44-43-19-6-10-24-50(43)59(51(44)35-39)48-22-8-4-17-41(48)42-18-5-9-23-49(42)59/h1-35H. The van der Waals surface area contributed by atoms with Gasteiger partial charge in [0.25, 0.3) is 0 Å². The predicted octanol–water partition coefficient (Wildman–Crippen LogP) is 16.6. The highest BCUT2D eigenvalue weighted by atomic mass is 32.1. The molecule has 1 spiro atoms. The Bertz CT molecular complexity index is 3770. The smallest absolute Gasteiger partial charge is 0.135 e. The fraction of sp³-hybridized carbons (Fsp3) is 0.0169. The molecule has 0 unspecified atom stereocenters. The van der Waals surface area contributed by atoms with Crippen LogP contribution in [0.5, 0.6) is 0 Å². The Hall–Kier alpha value is -7.72. The Morgan fingerprint density at radius 1 is 0.387 bits per heavy atom. The lowest BCUT2D eigenvalue weighted by atomic mass is 9.70. The fourth-order valence-corrected chi connectivity index (χ4v) is 12.5. The lowest BCUT2D eigenvalue weighted by Crippen LogP contribution is -2.26. The number of rotatable bonds is 4. The second kappa shape index (κ2) is 12.7. The second-order valence-corrected chi connectivity index (χ2v) is 17.7. The Labute approximate surface area is 362 Å². The third kappa shape index (κ3) is 4.47. The molecule has 10 aromatic carbocycles. The maximum atomic E-state index is 6.42. The molecule has 0 N–H and O–H groups in total. The largest absolute Gasteiger partial charge is 0.456 e. The number of furan rings is 1. The summed E-state index contributed by atoms with van der Waals surface area (Å²) in [6, 6.07) is 78.6.